The highest BCUT2D eigenvalue weighted by molar-refractivity contribution is 14.0. The summed E-state index contributed by atoms with van der Waals surface area (Å²) in [4.78, 5) is 16.2. The molecule has 164 valence electrons. The van der Waals surface area contributed by atoms with E-state index in [1.54, 1.807) is 0 Å². The lowest BCUT2D eigenvalue weighted by Crippen LogP contribution is -2.33. The zero-order valence-electron chi connectivity index (χ0n) is 17.7. The van der Waals surface area contributed by atoms with Crippen LogP contribution in [-0.2, 0) is 4.74 Å². The molecule has 1 heterocycles. The molecule has 0 aliphatic carbocycles. The molecule has 29 heavy (non-hydrogen) atoms. The van der Waals surface area contributed by atoms with Gasteiger partial charge in [-0.25, -0.2) is 4.79 Å². The molecule has 0 saturated carbocycles. The maximum absolute atomic E-state index is 11.6. The van der Waals surface area contributed by atoms with Crippen LogP contribution >= 0.6 is 24.0 Å². The van der Waals surface area contributed by atoms with Crippen LogP contribution in [0.2, 0.25) is 0 Å². The molecule has 0 aromatic heterocycles. The van der Waals surface area contributed by atoms with Crippen molar-refractivity contribution in [3.05, 3.63) is 18.2 Å². The van der Waals surface area contributed by atoms with Gasteiger partial charge in [0.2, 0.25) is 0 Å². The van der Waals surface area contributed by atoms with Crippen LogP contribution in [0.15, 0.2) is 23.2 Å². The molecule has 0 unspecified atom stereocenters. The Labute approximate surface area is 190 Å². The lowest BCUT2D eigenvalue weighted by molar-refractivity contribution is 0.0527. The number of benzene rings is 1. The molecule has 1 aromatic carbocycles. The number of rotatable bonds is 6. The Bertz CT molecular complexity index is 677. The van der Waals surface area contributed by atoms with E-state index in [2.05, 4.69) is 20.9 Å². The van der Waals surface area contributed by atoms with Crippen LogP contribution in [0.4, 0.5) is 10.5 Å². The Balaban J connectivity index is 0.00000420. The van der Waals surface area contributed by atoms with Crippen LogP contribution < -0.4 is 25.4 Å². The standard InChI is InChI=1S/C20H32N4O4.HI/c1-5-21-18(22-10-6-11-23-19(25)28-20(2,3)4)24-15-8-9-16-17(14-15)27-13-7-12-26-16;/h8-9,14H,5-7,10-13H2,1-4H3,(H,23,25)(H2,21,22,24);1H. The molecule has 1 aliphatic heterocycles. The van der Waals surface area contributed by atoms with Crippen molar-refractivity contribution in [2.24, 2.45) is 4.99 Å². The average molecular weight is 520 g/mol. The molecular weight excluding hydrogens is 487 g/mol. The van der Waals surface area contributed by atoms with Gasteiger partial charge >= 0.3 is 6.09 Å². The largest absolute Gasteiger partial charge is 0.490 e. The molecule has 9 heteroatoms. The van der Waals surface area contributed by atoms with Crippen molar-refractivity contribution >= 4 is 41.7 Å². The van der Waals surface area contributed by atoms with Crippen molar-refractivity contribution in [2.45, 2.75) is 46.1 Å². The quantitative estimate of drug-likeness (QED) is 0.229. The highest BCUT2D eigenvalue weighted by atomic mass is 127. The van der Waals surface area contributed by atoms with Crippen molar-refractivity contribution in [3.63, 3.8) is 0 Å². The third kappa shape index (κ3) is 9.91. The molecule has 0 atom stereocenters. The van der Waals surface area contributed by atoms with E-state index >= 15 is 0 Å². The second kappa shape index (κ2) is 12.6. The minimum atomic E-state index is -0.493. The van der Waals surface area contributed by atoms with E-state index in [0.29, 0.717) is 38.7 Å². The number of guanidine groups is 1. The van der Waals surface area contributed by atoms with Gasteiger partial charge in [0.05, 0.1) is 13.2 Å². The van der Waals surface area contributed by atoms with Crippen molar-refractivity contribution in [3.8, 4) is 11.5 Å². The first-order valence-corrected chi connectivity index (χ1v) is 9.79. The molecule has 1 aliphatic rings. The van der Waals surface area contributed by atoms with Crippen molar-refractivity contribution in [1.82, 2.24) is 10.6 Å². The van der Waals surface area contributed by atoms with Crippen LogP contribution in [0, 0.1) is 0 Å². The molecule has 8 nitrogen and oxygen atoms in total. The van der Waals surface area contributed by atoms with Gasteiger partial charge < -0.3 is 30.2 Å². The molecule has 2 rings (SSSR count). The minimum absolute atomic E-state index is 0. The number of alkyl carbamates (subject to hydrolysis) is 1. The predicted octanol–water partition coefficient (Wildman–Crippen LogP) is 3.76. The number of nitrogens with zero attached hydrogens (tertiary/aromatic N) is 1. The van der Waals surface area contributed by atoms with Gasteiger partial charge in [-0.05, 0) is 46.2 Å². The summed E-state index contributed by atoms with van der Waals surface area (Å²) < 4.78 is 16.6. The first kappa shape index (κ1) is 25.1. The van der Waals surface area contributed by atoms with Gasteiger partial charge in [-0.15, -0.1) is 24.0 Å². The van der Waals surface area contributed by atoms with Crippen molar-refractivity contribution < 1.29 is 19.0 Å². The highest BCUT2D eigenvalue weighted by Crippen LogP contribution is 2.32. The number of hydrogen-bond acceptors (Lipinski definition) is 5. The summed E-state index contributed by atoms with van der Waals surface area (Å²) in [6, 6.07) is 5.75. The number of hydrogen-bond donors (Lipinski definition) is 3. The topological polar surface area (TPSA) is 93.2 Å². The van der Waals surface area contributed by atoms with Gasteiger partial charge in [0.25, 0.3) is 0 Å². The number of anilines is 1. The number of fused-ring (bicyclic) bond motifs is 1. The minimum Gasteiger partial charge on any atom is -0.490 e. The van der Waals surface area contributed by atoms with Gasteiger partial charge in [-0.2, -0.15) is 0 Å². The molecule has 0 fully saturated rings. The number of carbonyl (C=O) groups is 1. The predicted molar refractivity (Wildman–Crippen MR) is 126 cm³/mol. The summed E-state index contributed by atoms with van der Waals surface area (Å²) in [6.07, 6.45) is 1.17. The summed E-state index contributed by atoms with van der Waals surface area (Å²) >= 11 is 0. The van der Waals surface area contributed by atoms with Gasteiger partial charge in [0, 0.05) is 37.8 Å². The first-order chi connectivity index (χ1) is 13.4. The second-order valence-corrected chi connectivity index (χ2v) is 7.38. The molecule has 1 amide bonds. The van der Waals surface area contributed by atoms with E-state index < -0.39 is 11.7 Å². The van der Waals surface area contributed by atoms with E-state index in [9.17, 15) is 4.79 Å². The second-order valence-electron chi connectivity index (χ2n) is 7.38. The number of carbonyl (C=O) groups excluding carboxylic acids is 1. The monoisotopic (exact) mass is 520 g/mol. The molecule has 3 N–H and O–H groups in total. The third-order valence-electron chi connectivity index (χ3n) is 3.63. The first-order valence-electron chi connectivity index (χ1n) is 9.79. The van der Waals surface area contributed by atoms with Crippen molar-refractivity contribution in [2.75, 3.05) is 38.2 Å². The maximum Gasteiger partial charge on any atom is 0.407 e. The molecule has 0 spiro atoms. The fourth-order valence-electron chi connectivity index (χ4n) is 2.46. The molecule has 0 bridgehead atoms. The van der Waals surface area contributed by atoms with Crippen LogP contribution in [-0.4, -0.2) is 50.5 Å². The third-order valence-corrected chi connectivity index (χ3v) is 3.63. The van der Waals surface area contributed by atoms with Crippen LogP contribution in [0.1, 0.15) is 40.5 Å². The van der Waals surface area contributed by atoms with E-state index in [0.717, 1.165) is 30.2 Å². The Kier molecular flexibility index (Phi) is 10.9. The smallest absolute Gasteiger partial charge is 0.407 e. The van der Waals surface area contributed by atoms with Crippen molar-refractivity contribution in [1.29, 1.82) is 0 Å². The number of ether oxygens (including phenoxy) is 3. The molecule has 1 aromatic rings. The van der Waals surface area contributed by atoms with E-state index in [4.69, 9.17) is 14.2 Å². The number of amides is 1. The molecular formula is C20H33IN4O4. The van der Waals surface area contributed by atoms with Crippen LogP contribution in [0.5, 0.6) is 11.5 Å². The Morgan fingerprint density at radius 1 is 1.17 bits per heavy atom. The summed E-state index contributed by atoms with van der Waals surface area (Å²) in [5.74, 6) is 2.17. The zero-order chi connectivity index (χ0) is 20.4. The Morgan fingerprint density at radius 3 is 2.59 bits per heavy atom. The highest BCUT2D eigenvalue weighted by Gasteiger charge is 2.15. The van der Waals surface area contributed by atoms with Gasteiger partial charge in [0.1, 0.15) is 5.60 Å². The molecule has 0 radical (unpaired) electrons. The number of halogens is 1. The lowest BCUT2D eigenvalue weighted by Gasteiger charge is -2.19. The van der Waals surface area contributed by atoms with Gasteiger partial charge in [-0.1, -0.05) is 0 Å². The number of aliphatic imine (C=N–C) groups is 1. The fourth-order valence-corrected chi connectivity index (χ4v) is 2.46. The Morgan fingerprint density at radius 2 is 1.90 bits per heavy atom. The van der Waals surface area contributed by atoms with E-state index in [1.165, 1.54) is 0 Å². The average Bonchev–Trinajstić information content (AvgIpc) is 2.85. The summed E-state index contributed by atoms with van der Waals surface area (Å²) in [5.41, 5.74) is 0.378. The van der Waals surface area contributed by atoms with Crippen LogP contribution in [0.25, 0.3) is 0 Å². The Hall–Kier alpha value is -1.91. The van der Waals surface area contributed by atoms with E-state index in [1.807, 2.05) is 45.9 Å². The fraction of sp³-hybridized carbons (Fsp3) is 0.600. The SMILES string of the molecule is CCNC(=NCCCNC(=O)OC(C)(C)C)Nc1ccc2c(c1)OCCCO2.I. The summed E-state index contributed by atoms with van der Waals surface area (Å²) in [7, 11) is 0. The number of nitrogens with one attached hydrogen (secondary N) is 3. The maximum atomic E-state index is 11.6. The normalized spacial score (nSPS) is 13.6. The summed E-state index contributed by atoms with van der Waals surface area (Å²) in [5, 5.41) is 9.21. The van der Waals surface area contributed by atoms with Gasteiger partial charge in [-0.3, -0.25) is 4.99 Å². The molecule has 0 saturated heterocycles. The zero-order valence-corrected chi connectivity index (χ0v) is 20.0. The summed E-state index contributed by atoms with van der Waals surface area (Å²) in [6.45, 7) is 10.6. The van der Waals surface area contributed by atoms with E-state index in [-0.39, 0.29) is 24.0 Å². The van der Waals surface area contributed by atoms with Crippen LogP contribution in [0.3, 0.4) is 0 Å². The lowest BCUT2D eigenvalue weighted by atomic mass is 10.2. The van der Waals surface area contributed by atoms with Gasteiger partial charge in [0.15, 0.2) is 17.5 Å².